The number of alkyl halides is 3. The molecular weight excluding hydrogens is 516 g/mol. The van der Waals surface area contributed by atoms with Crippen LogP contribution in [-0.2, 0) is 18.8 Å². The van der Waals surface area contributed by atoms with Gasteiger partial charge < -0.3 is 0 Å². The first-order valence-electron chi connectivity index (χ1n) is 8.52. The third-order valence-corrected chi connectivity index (χ3v) is 11.4. The Balaban J connectivity index is 1.98. The molecule has 3 nitrogen and oxygen atoms in total. The minimum atomic E-state index is -4.54. The van der Waals surface area contributed by atoms with E-state index in [1.165, 1.54) is 0 Å². The van der Waals surface area contributed by atoms with Crippen LogP contribution in [0.3, 0.4) is 0 Å². The number of hydrogen-bond acceptors (Lipinski definition) is 3. The minimum absolute atomic E-state index is 0.299. The van der Waals surface area contributed by atoms with E-state index in [1.807, 2.05) is 62.4 Å². The van der Waals surface area contributed by atoms with Gasteiger partial charge in [0.15, 0.2) is 0 Å². The Hall–Kier alpha value is -1.91. The SMILES string of the molecule is Cc1ccc(I(OS(=O)(=O)c2ccc(C(F)(F)F)cc2)c2ccc(C)cc2)cc1. The summed E-state index contributed by atoms with van der Waals surface area (Å²) in [5.74, 6) is 0. The molecule has 0 aliphatic rings. The van der Waals surface area contributed by atoms with Crippen LogP contribution in [0.1, 0.15) is 16.7 Å². The van der Waals surface area contributed by atoms with Gasteiger partial charge in [0.05, 0.1) is 0 Å². The van der Waals surface area contributed by atoms with E-state index in [9.17, 15) is 21.6 Å². The number of rotatable bonds is 5. The van der Waals surface area contributed by atoms with Crippen molar-refractivity contribution in [2.75, 3.05) is 0 Å². The third-order valence-electron chi connectivity index (χ3n) is 4.03. The summed E-state index contributed by atoms with van der Waals surface area (Å²) < 4.78 is 71.1. The van der Waals surface area contributed by atoms with Crippen molar-refractivity contribution in [3.63, 3.8) is 0 Å². The van der Waals surface area contributed by atoms with Gasteiger partial charge in [-0.05, 0) is 0 Å². The van der Waals surface area contributed by atoms with Crippen LogP contribution >= 0.6 is 20.2 Å². The van der Waals surface area contributed by atoms with Crippen LogP contribution in [0.5, 0.6) is 0 Å². The molecule has 0 unspecified atom stereocenters. The number of benzene rings is 3. The van der Waals surface area contributed by atoms with E-state index >= 15 is 0 Å². The van der Waals surface area contributed by atoms with Gasteiger partial charge in [0.25, 0.3) is 0 Å². The van der Waals surface area contributed by atoms with Crippen molar-refractivity contribution in [3.05, 3.63) is 96.6 Å². The Labute approximate surface area is 175 Å². The molecular formula is C21H18F3IO3S. The third kappa shape index (κ3) is 5.37. The molecule has 0 aliphatic carbocycles. The van der Waals surface area contributed by atoms with Gasteiger partial charge in [-0.2, -0.15) is 0 Å². The molecule has 0 saturated heterocycles. The molecule has 0 spiro atoms. The van der Waals surface area contributed by atoms with E-state index in [0.29, 0.717) is 0 Å². The van der Waals surface area contributed by atoms with Gasteiger partial charge in [0.1, 0.15) is 0 Å². The number of halogens is 4. The van der Waals surface area contributed by atoms with Gasteiger partial charge >= 0.3 is 176 Å². The monoisotopic (exact) mass is 534 g/mol. The Kier molecular flexibility index (Phi) is 6.35. The second kappa shape index (κ2) is 8.45. The molecule has 0 fully saturated rings. The van der Waals surface area contributed by atoms with E-state index in [0.717, 1.165) is 42.5 Å². The summed E-state index contributed by atoms with van der Waals surface area (Å²) in [4.78, 5) is -0.299. The van der Waals surface area contributed by atoms with E-state index in [4.69, 9.17) is 2.51 Å². The van der Waals surface area contributed by atoms with E-state index < -0.39 is 42.1 Å². The van der Waals surface area contributed by atoms with Gasteiger partial charge in [-0.3, -0.25) is 0 Å². The van der Waals surface area contributed by atoms with Gasteiger partial charge in [0.2, 0.25) is 0 Å². The second-order valence-electron chi connectivity index (χ2n) is 6.38. The molecule has 3 aromatic rings. The van der Waals surface area contributed by atoms with Crippen molar-refractivity contribution < 1.29 is 24.1 Å². The van der Waals surface area contributed by atoms with Crippen molar-refractivity contribution in [1.82, 2.24) is 0 Å². The fourth-order valence-corrected chi connectivity index (χ4v) is 9.31. The van der Waals surface area contributed by atoms with E-state index in [2.05, 4.69) is 0 Å². The van der Waals surface area contributed by atoms with Crippen molar-refractivity contribution >= 4 is 30.4 Å². The van der Waals surface area contributed by atoms with Crippen LogP contribution in [0, 0.1) is 21.0 Å². The quantitative estimate of drug-likeness (QED) is 0.367. The fraction of sp³-hybridized carbons (Fsp3) is 0.143. The van der Waals surface area contributed by atoms with Crippen molar-refractivity contribution in [2.24, 2.45) is 0 Å². The molecule has 0 aromatic heterocycles. The molecule has 0 aliphatic heterocycles. The first-order chi connectivity index (χ1) is 13.6. The van der Waals surface area contributed by atoms with Crippen molar-refractivity contribution in [1.29, 1.82) is 0 Å². The van der Waals surface area contributed by atoms with Gasteiger partial charge in [-0.15, -0.1) is 0 Å². The van der Waals surface area contributed by atoms with Crippen LogP contribution in [0.15, 0.2) is 77.7 Å². The van der Waals surface area contributed by atoms with Crippen LogP contribution in [0.4, 0.5) is 13.2 Å². The van der Waals surface area contributed by atoms with E-state index in [1.54, 1.807) is 0 Å². The Morgan fingerprint density at radius 2 is 1.14 bits per heavy atom. The number of hydrogen-bond donors (Lipinski definition) is 0. The molecule has 0 bridgehead atoms. The van der Waals surface area contributed by atoms with Crippen LogP contribution in [0.2, 0.25) is 0 Å². The zero-order valence-electron chi connectivity index (χ0n) is 15.6. The Bertz CT molecular complexity index is 1030. The van der Waals surface area contributed by atoms with Crippen LogP contribution in [-0.4, -0.2) is 8.42 Å². The molecule has 3 rings (SSSR count). The summed E-state index contributed by atoms with van der Waals surface area (Å²) in [6.45, 7) is 3.85. The molecule has 0 heterocycles. The molecule has 154 valence electrons. The van der Waals surface area contributed by atoms with Crippen LogP contribution < -0.4 is 0 Å². The first kappa shape index (κ1) is 21.8. The predicted molar refractivity (Wildman–Crippen MR) is 113 cm³/mol. The normalized spacial score (nSPS) is 12.7. The predicted octanol–water partition coefficient (Wildman–Crippen LogP) is 6.19. The van der Waals surface area contributed by atoms with Gasteiger partial charge in [-0.1, -0.05) is 0 Å². The number of aryl methyl sites for hydroxylation is 2. The topological polar surface area (TPSA) is 43.4 Å². The molecule has 0 radical (unpaired) electrons. The fourth-order valence-electron chi connectivity index (χ4n) is 2.42. The average molecular weight is 534 g/mol. The summed E-state index contributed by atoms with van der Waals surface area (Å²) in [7, 11) is -4.24. The van der Waals surface area contributed by atoms with Gasteiger partial charge in [-0.25, -0.2) is 0 Å². The summed E-state index contributed by atoms with van der Waals surface area (Å²) in [6, 6.07) is 18.2. The Morgan fingerprint density at radius 1 is 0.724 bits per heavy atom. The molecule has 0 N–H and O–H groups in total. The molecule has 0 saturated carbocycles. The molecule has 3 aromatic carbocycles. The average Bonchev–Trinajstić information content (AvgIpc) is 2.67. The second-order valence-corrected chi connectivity index (χ2v) is 12.9. The summed E-state index contributed by atoms with van der Waals surface area (Å²) in [6.07, 6.45) is -4.54. The first-order valence-corrected chi connectivity index (χ1v) is 13.0. The van der Waals surface area contributed by atoms with E-state index in [-0.39, 0.29) is 4.90 Å². The molecule has 29 heavy (non-hydrogen) atoms. The van der Waals surface area contributed by atoms with Gasteiger partial charge in [0, 0.05) is 0 Å². The Morgan fingerprint density at radius 3 is 1.52 bits per heavy atom. The van der Waals surface area contributed by atoms with Crippen molar-refractivity contribution in [2.45, 2.75) is 24.9 Å². The maximum atomic E-state index is 12.8. The maximum absolute atomic E-state index is 12.8. The molecule has 8 heteroatoms. The van der Waals surface area contributed by atoms with Crippen LogP contribution in [0.25, 0.3) is 0 Å². The standard InChI is InChI=1S/C21H18F3IO3S/c1-15-3-9-18(10-4-15)25(19-11-5-16(2)6-12-19)28-29(26,27)20-13-7-17(8-14-20)21(22,23)24/h3-14H,1-2H3. The summed E-state index contributed by atoms with van der Waals surface area (Å²) in [5, 5.41) is 0. The van der Waals surface area contributed by atoms with Crippen molar-refractivity contribution in [3.8, 4) is 0 Å². The molecule has 0 atom stereocenters. The molecule has 0 amide bonds. The zero-order valence-corrected chi connectivity index (χ0v) is 18.5. The summed E-state index contributed by atoms with van der Waals surface area (Å²) in [5.41, 5.74) is 1.14. The zero-order chi connectivity index (χ0) is 21.2. The summed E-state index contributed by atoms with van der Waals surface area (Å²) >= 11 is -2.86.